The summed E-state index contributed by atoms with van der Waals surface area (Å²) >= 11 is 0. The number of carbonyl (C=O) groups excluding carboxylic acids is 1. The highest BCUT2D eigenvalue weighted by molar-refractivity contribution is 5.97. The number of rotatable bonds is 8. The molecule has 0 radical (unpaired) electrons. The van der Waals surface area contributed by atoms with Crippen molar-refractivity contribution in [2.75, 3.05) is 44.8 Å². The van der Waals surface area contributed by atoms with Gasteiger partial charge in [0.15, 0.2) is 0 Å². The van der Waals surface area contributed by atoms with E-state index in [-0.39, 0.29) is 17.5 Å². The van der Waals surface area contributed by atoms with Gasteiger partial charge in [-0.05, 0) is 62.8 Å². The normalized spacial score (nSPS) is 14.3. The predicted molar refractivity (Wildman–Crippen MR) is 144 cm³/mol. The summed E-state index contributed by atoms with van der Waals surface area (Å²) in [4.78, 5) is 25.1. The minimum atomic E-state index is -0.215. The van der Waals surface area contributed by atoms with Crippen molar-refractivity contribution in [3.05, 3.63) is 72.6 Å². The molecule has 1 aliphatic heterocycles. The van der Waals surface area contributed by atoms with E-state index in [1.54, 1.807) is 11.0 Å². The molecule has 1 amide bonds. The molecule has 1 fully saturated rings. The third-order valence-corrected chi connectivity index (χ3v) is 6.13. The Morgan fingerprint density at radius 3 is 2.46 bits per heavy atom. The van der Waals surface area contributed by atoms with Crippen LogP contribution in [0.1, 0.15) is 12.8 Å². The first-order valence-electron chi connectivity index (χ1n) is 12.2. The molecule has 1 aromatic heterocycles. The van der Waals surface area contributed by atoms with Crippen LogP contribution in [0.25, 0.3) is 11.1 Å². The number of para-hydroxylation sites is 1. The first kappa shape index (κ1) is 25.7. The zero-order chi connectivity index (χ0) is 26.2. The molecular formula is C28H31N7O2. The molecule has 0 spiro atoms. The monoisotopic (exact) mass is 497 g/mol. The van der Waals surface area contributed by atoms with Crippen molar-refractivity contribution in [3.8, 4) is 28.7 Å². The number of carbonyl (C=O) groups is 1. The lowest BCUT2D eigenvalue weighted by molar-refractivity contribution is -0.127. The molecule has 4 rings (SSSR count). The van der Waals surface area contributed by atoms with Gasteiger partial charge in [-0.25, -0.2) is 9.97 Å². The Balaban J connectivity index is 1.42. The van der Waals surface area contributed by atoms with E-state index < -0.39 is 0 Å². The van der Waals surface area contributed by atoms with Crippen LogP contribution in [-0.2, 0) is 4.79 Å². The van der Waals surface area contributed by atoms with Crippen LogP contribution in [0, 0.1) is 11.3 Å². The smallest absolute Gasteiger partial charge is 0.264 e. The van der Waals surface area contributed by atoms with Gasteiger partial charge in [0.2, 0.25) is 0 Å². The number of nitriles is 1. The van der Waals surface area contributed by atoms with Gasteiger partial charge in [-0.15, -0.1) is 0 Å². The SMILES string of the molecule is CN(C)CC=C(C#N)C(=O)N1CCC(Nc2ncnc(N)c2-c2ccc(Oc3ccccc3)cc2)CC1. The third-order valence-electron chi connectivity index (χ3n) is 6.13. The second kappa shape index (κ2) is 12.0. The number of likely N-dealkylation sites (tertiary alicyclic amines) is 1. The van der Waals surface area contributed by atoms with E-state index in [4.69, 9.17) is 10.5 Å². The summed E-state index contributed by atoms with van der Waals surface area (Å²) in [6.45, 7) is 1.65. The number of benzene rings is 2. The average molecular weight is 498 g/mol. The molecule has 0 aliphatic carbocycles. The molecule has 37 heavy (non-hydrogen) atoms. The Bertz CT molecular complexity index is 1280. The molecule has 3 N–H and O–H groups in total. The second-order valence-corrected chi connectivity index (χ2v) is 9.12. The molecule has 9 heteroatoms. The fourth-order valence-corrected chi connectivity index (χ4v) is 4.15. The number of nitrogen functional groups attached to an aromatic ring is 1. The van der Waals surface area contributed by atoms with Crippen LogP contribution in [-0.4, -0.2) is 65.4 Å². The topological polar surface area (TPSA) is 120 Å². The van der Waals surface area contributed by atoms with Gasteiger partial charge in [-0.1, -0.05) is 30.3 Å². The van der Waals surface area contributed by atoms with Crippen molar-refractivity contribution < 1.29 is 9.53 Å². The lowest BCUT2D eigenvalue weighted by Gasteiger charge is -2.33. The lowest BCUT2D eigenvalue weighted by Crippen LogP contribution is -2.43. The number of nitrogens with zero attached hydrogens (tertiary/aromatic N) is 5. The van der Waals surface area contributed by atoms with Crippen molar-refractivity contribution in [3.63, 3.8) is 0 Å². The predicted octanol–water partition coefficient (Wildman–Crippen LogP) is 3.93. The van der Waals surface area contributed by atoms with E-state index in [1.165, 1.54) is 6.33 Å². The maximum absolute atomic E-state index is 12.8. The van der Waals surface area contributed by atoms with E-state index in [2.05, 4.69) is 15.3 Å². The summed E-state index contributed by atoms with van der Waals surface area (Å²) in [6.07, 6.45) is 4.58. The van der Waals surface area contributed by atoms with Gasteiger partial charge in [0.25, 0.3) is 5.91 Å². The molecule has 0 saturated carbocycles. The van der Waals surface area contributed by atoms with Crippen molar-refractivity contribution >= 4 is 17.5 Å². The fraction of sp³-hybridized carbons (Fsp3) is 0.286. The van der Waals surface area contributed by atoms with Gasteiger partial charge in [0.1, 0.15) is 41.1 Å². The quantitative estimate of drug-likeness (QED) is 0.355. The van der Waals surface area contributed by atoms with Crippen LogP contribution < -0.4 is 15.8 Å². The second-order valence-electron chi connectivity index (χ2n) is 9.12. The van der Waals surface area contributed by atoms with Gasteiger partial charge in [0.05, 0.1) is 5.56 Å². The summed E-state index contributed by atoms with van der Waals surface area (Å²) in [6, 6.07) is 19.4. The largest absolute Gasteiger partial charge is 0.457 e. The molecule has 2 aromatic carbocycles. The maximum atomic E-state index is 12.8. The average Bonchev–Trinajstić information content (AvgIpc) is 2.91. The number of piperidine rings is 1. The maximum Gasteiger partial charge on any atom is 0.264 e. The van der Waals surface area contributed by atoms with Crippen LogP contribution >= 0.6 is 0 Å². The number of aromatic nitrogens is 2. The summed E-state index contributed by atoms with van der Waals surface area (Å²) < 4.78 is 5.90. The van der Waals surface area contributed by atoms with E-state index >= 15 is 0 Å². The van der Waals surface area contributed by atoms with Crippen LogP contribution in [0.5, 0.6) is 11.5 Å². The van der Waals surface area contributed by atoms with E-state index in [1.807, 2.05) is 79.7 Å². The third kappa shape index (κ3) is 6.63. The Morgan fingerprint density at radius 2 is 1.81 bits per heavy atom. The zero-order valence-electron chi connectivity index (χ0n) is 21.1. The van der Waals surface area contributed by atoms with E-state index in [0.717, 1.165) is 29.7 Å². The minimum absolute atomic E-state index is 0.106. The zero-order valence-corrected chi connectivity index (χ0v) is 21.1. The molecule has 0 unspecified atom stereocenters. The highest BCUT2D eigenvalue weighted by atomic mass is 16.5. The van der Waals surface area contributed by atoms with Gasteiger partial charge in [0, 0.05) is 25.7 Å². The Labute approximate surface area is 217 Å². The van der Waals surface area contributed by atoms with Crippen molar-refractivity contribution in [1.82, 2.24) is 19.8 Å². The van der Waals surface area contributed by atoms with Crippen LogP contribution in [0.2, 0.25) is 0 Å². The molecule has 9 nitrogen and oxygen atoms in total. The molecule has 1 saturated heterocycles. The first-order chi connectivity index (χ1) is 17.9. The van der Waals surface area contributed by atoms with Gasteiger partial charge in [-0.2, -0.15) is 5.26 Å². The molecule has 2 heterocycles. The molecular weight excluding hydrogens is 466 g/mol. The molecule has 0 bridgehead atoms. The summed E-state index contributed by atoms with van der Waals surface area (Å²) in [5, 5.41) is 12.9. The van der Waals surface area contributed by atoms with Crippen molar-refractivity contribution in [2.45, 2.75) is 18.9 Å². The van der Waals surface area contributed by atoms with E-state index in [0.29, 0.717) is 37.0 Å². The minimum Gasteiger partial charge on any atom is -0.457 e. The summed E-state index contributed by atoms with van der Waals surface area (Å²) in [5.41, 5.74) is 8.05. The van der Waals surface area contributed by atoms with Gasteiger partial charge >= 0.3 is 0 Å². The van der Waals surface area contributed by atoms with Gasteiger partial charge < -0.3 is 25.6 Å². The fourth-order valence-electron chi connectivity index (χ4n) is 4.15. The van der Waals surface area contributed by atoms with E-state index in [9.17, 15) is 10.1 Å². The summed E-state index contributed by atoms with van der Waals surface area (Å²) in [5.74, 6) is 2.30. The Morgan fingerprint density at radius 1 is 1.14 bits per heavy atom. The molecule has 1 aliphatic rings. The van der Waals surface area contributed by atoms with Gasteiger partial charge in [-0.3, -0.25) is 4.79 Å². The Kier molecular flexibility index (Phi) is 8.33. The molecule has 3 aromatic rings. The number of amides is 1. The first-order valence-corrected chi connectivity index (χ1v) is 12.2. The summed E-state index contributed by atoms with van der Waals surface area (Å²) in [7, 11) is 3.79. The van der Waals surface area contributed by atoms with Crippen molar-refractivity contribution in [1.29, 1.82) is 5.26 Å². The highest BCUT2D eigenvalue weighted by Gasteiger charge is 2.26. The van der Waals surface area contributed by atoms with Crippen LogP contribution in [0.4, 0.5) is 11.6 Å². The van der Waals surface area contributed by atoms with Crippen molar-refractivity contribution in [2.24, 2.45) is 0 Å². The number of nitrogens with two attached hydrogens (primary N) is 1. The lowest BCUT2D eigenvalue weighted by atomic mass is 10.0. The van der Waals surface area contributed by atoms with Crippen LogP contribution in [0.15, 0.2) is 72.6 Å². The Hall–Kier alpha value is -4.42. The number of anilines is 2. The number of hydrogen-bond acceptors (Lipinski definition) is 8. The number of ether oxygens (including phenoxy) is 1. The van der Waals surface area contributed by atoms with Crippen LogP contribution in [0.3, 0.4) is 0 Å². The number of likely N-dealkylation sites (N-methyl/N-ethyl adjacent to an activating group) is 1. The number of nitrogens with one attached hydrogen (secondary N) is 1. The highest BCUT2D eigenvalue weighted by Crippen LogP contribution is 2.33. The molecule has 0 atom stereocenters. The number of hydrogen-bond donors (Lipinski definition) is 2. The standard InChI is InChI=1S/C28H31N7O2/c1-34(2)15-12-21(18-29)28(36)35-16-13-22(14-17-35)33-27-25(26(30)31-19-32-27)20-8-10-24(11-9-20)37-23-6-4-3-5-7-23/h3-12,19,22H,13-17H2,1-2H3,(H3,30,31,32,33). The molecule has 190 valence electrons.